The van der Waals surface area contributed by atoms with Gasteiger partial charge in [0.05, 0.1) is 18.6 Å². The van der Waals surface area contributed by atoms with E-state index in [2.05, 4.69) is 4.99 Å². The van der Waals surface area contributed by atoms with Gasteiger partial charge in [0.25, 0.3) is 0 Å². The number of likely N-dealkylation sites (N-methyl/N-ethyl adjacent to an activating group) is 1. The normalized spacial score (nSPS) is 20.2. The molecule has 1 aliphatic carbocycles. The van der Waals surface area contributed by atoms with Crippen molar-refractivity contribution < 1.29 is 14.4 Å². The van der Waals surface area contributed by atoms with Crippen molar-refractivity contribution >= 4 is 23.6 Å². The standard InChI is InChI=1S/C15H15N3O3/c1-17-13(20)8-18(9-14(17)21)12-4-2-3-11(7-12)15(5-6-15)16-10-19/h2-4,7H,5-6,8-9H2,1H3. The van der Waals surface area contributed by atoms with E-state index in [-0.39, 0.29) is 24.9 Å². The zero-order valence-electron chi connectivity index (χ0n) is 11.7. The second-order valence-electron chi connectivity index (χ2n) is 5.49. The summed E-state index contributed by atoms with van der Waals surface area (Å²) in [5.41, 5.74) is 1.29. The van der Waals surface area contributed by atoms with Crippen LogP contribution < -0.4 is 4.90 Å². The van der Waals surface area contributed by atoms with Gasteiger partial charge < -0.3 is 4.90 Å². The molecule has 21 heavy (non-hydrogen) atoms. The van der Waals surface area contributed by atoms with E-state index in [0.29, 0.717) is 0 Å². The number of hydrogen-bond acceptors (Lipinski definition) is 5. The molecule has 0 aromatic heterocycles. The molecule has 0 spiro atoms. The van der Waals surface area contributed by atoms with Crippen LogP contribution in [0.2, 0.25) is 0 Å². The lowest BCUT2D eigenvalue weighted by Crippen LogP contribution is -2.52. The lowest BCUT2D eigenvalue weighted by Gasteiger charge is -2.32. The second kappa shape index (κ2) is 4.82. The Bertz CT molecular complexity index is 642. The summed E-state index contributed by atoms with van der Waals surface area (Å²) in [5, 5.41) is 0. The van der Waals surface area contributed by atoms with Gasteiger partial charge in [0.15, 0.2) is 0 Å². The molecule has 0 radical (unpaired) electrons. The molecule has 0 unspecified atom stereocenters. The first-order valence-corrected chi connectivity index (χ1v) is 6.80. The van der Waals surface area contributed by atoms with Gasteiger partial charge in [0, 0.05) is 12.7 Å². The Morgan fingerprint density at radius 3 is 2.43 bits per heavy atom. The van der Waals surface area contributed by atoms with Crippen LogP contribution in [0.4, 0.5) is 5.69 Å². The van der Waals surface area contributed by atoms with E-state index >= 15 is 0 Å². The minimum atomic E-state index is -0.446. The van der Waals surface area contributed by atoms with Gasteiger partial charge in [0.2, 0.25) is 17.9 Å². The van der Waals surface area contributed by atoms with Crippen molar-refractivity contribution in [2.45, 2.75) is 18.4 Å². The average molecular weight is 285 g/mol. The Kier molecular flexibility index (Phi) is 3.11. The van der Waals surface area contributed by atoms with Crippen LogP contribution in [0.1, 0.15) is 18.4 Å². The lowest BCUT2D eigenvalue weighted by molar-refractivity contribution is -0.143. The number of benzene rings is 1. The SMILES string of the molecule is CN1C(=O)CN(c2cccc(C3(N=C=O)CC3)c2)CC1=O. The molecule has 108 valence electrons. The highest BCUT2D eigenvalue weighted by Gasteiger charge is 2.45. The summed E-state index contributed by atoms with van der Waals surface area (Å²) >= 11 is 0. The molecule has 1 saturated heterocycles. The number of rotatable bonds is 3. The molecule has 1 saturated carbocycles. The molecule has 0 N–H and O–H groups in total. The van der Waals surface area contributed by atoms with Crippen LogP contribution in [0.15, 0.2) is 29.3 Å². The van der Waals surface area contributed by atoms with Gasteiger partial charge in [-0.2, -0.15) is 4.99 Å². The summed E-state index contributed by atoms with van der Waals surface area (Å²) in [6, 6.07) is 7.53. The predicted molar refractivity (Wildman–Crippen MR) is 75.5 cm³/mol. The van der Waals surface area contributed by atoms with Crippen LogP contribution in [0.3, 0.4) is 0 Å². The fourth-order valence-electron chi connectivity index (χ4n) is 2.58. The fourth-order valence-corrected chi connectivity index (χ4v) is 2.58. The number of imide groups is 1. The van der Waals surface area contributed by atoms with Crippen molar-refractivity contribution in [1.82, 2.24) is 4.90 Å². The number of carbonyl (C=O) groups excluding carboxylic acids is 3. The van der Waals surface area contributed by atoms with Crippen LogP contribution in [-0.2, 0) is 19.9 Å². The van der Waals surface area contributed by atoms with E-state index in [4.69, 9.17) is 0 Å². The second-order valence-corrected chi connectivity index (χ2v) is 5.49. The van der Waals surface area contributed by atoms with Crippen molar-refractivity contribution in [3.63, 3.8) is 0 Å². The van der Waals surface area contributed by atoms with Crippen molar-refractivity contribution in [3.05, 3.63) is 29.8 Å². The van der Waals surface area contributed by atoms with Crippen LogP contribution in [0.5, 0.6) is 0 Å². The van der Waals surface area contributed by atoms with Crippen molar-refractivity contribution in [3.8, 4) is 0 Å². The zero-order valence-corrected chi connectivity index (χ0v) is 11.7. The topological polar surface area (TPSA) is 70.1 Å². The highest BCUT2D eigenvalue weighted by atomic mass is 16.2. The van der Waals surface area contributed by atoms with E-state index in [1.165, 1.54) is 7.05 Å². The number of hydrogen-bond donors (Lipinski definition) is 0. The van der Waals surface area contributed by atoms with Crippen LogP contribution in [0.25, 0.3) is 0 Å². The van der Waals surface area contributed by atoms with Crippen molar-refractivity contribution in [2.75, 3.05) is 25.0 Å². The first-order chi connectivity index (χ1) is 10.1. The Labute approximate surface area is 122 Å². The van der Waals surface area contributed by atoms with Gasteiger partial charge in [-0.1, -0.05) is 12.1 Å². The van der Waals surface area contributed by atoms with E-state index in [9.17, 15) is 14.4 Å². The van der Waals surface area contributed by atoms with E-state index in [1.54, 1.807) is 11.0 Å². The van der Waals surface area contributed by atoms with Crippen LogP contribution >= 0.6 is 0 Å². The average Bonchev–Trinajstić information content (AvgIpc) is 3.26. The molecule has 0 atom stereocenters. The van der Waals surface area contributed by atoms with Gasteiger partial charge in [-0.15, -0.1) is 0 Å². The highest BCUT2D eigenvalue weighted by Crippen LogP contribution is 2.49. The Morgan fingerprint density at radius 2 is 1.86 bits per heavy atom. The number of nitrogens with zero attached hydrogens (tertiary/aromatic N) is 3. The summed E-state index contributed by atoms with van der Waals surface area (Å²) in [7, 11) is 1.50. The Hall–Kier alpha value is -2.46. The first-order valence-electron chi connectivity index (χ1n) is 6.80. The number of isocyanates is 1. The summed E-state index contributed by atoms with van der Waals surface area (Å²) in [6.45, 7) is 0.352. The van der Waals surface area contributed by atoms with Gasteiger partial charge in [-0.05, 0) is 30.5 Å². The van der Waals surface area contributed by atoms with Crippen molar-refractivity contribution in [2.24, 2.45) is 4.99 Å². The number of aliphatic imine (C=N–C) groups is 1. The third kappa shape index (κ3) is 2.34. The van der Waals surface area contributed by atoms with Crippen LogP contribution in [-0.4, -0.2) is 42.9 Å². The summed E-state index contributed by atoms with van der Waals surface area (Å²) in [5.74, 6) is -0.438. The van der Waals surface area contributed by atoms with Gasteiger partial charge >= 0.3 is 0 Å². The van der Waals surface area contributed by atoms with E-state index in [0.717, 1.165) is 29.0 Å². The van der Waals surface area contributed by atoms with Crippen molar-refractivity contribution in [1.29, 1.82) is 0 Å². The molecule has 1 aliphatic heterocycles. The molecule has 2 amide bonds. The molecule has 1 heterocycles. The number of carbonyl (C=O) groups is 2. The molecule has 3 rings (SSSR count). The predicted octanol–water partition coefficient (Wildman–Crippen LogP) is 0.817. The molecule has 1 aromatic carbocycles. The molecule has 6 nitrogen and oxygen atoms in total. The third-order valence-electron chi connectivity index (χ3n) is 4.13. The quantitative estimate of drug-likeness (QED) is 0.468. The van der Waals surface area contributed by atoms with Gasteiger partial charge in [-0.25, -0.2) is 4.79 Å². The number of piperazine rings is 1. The van der Waals surface area contributed by atoms with E-state index < -0.39 is 5.54 Å². The maximum Gasteiger partial charge on any atom is 0.248 e. The lowest BCUT2D eigenvalue weighted by atomic mass is 10.0. The third-order valence-corrected chi connectivity index (χ3v) is 4.13. The summed E-state index contributed by atoms with van der Waals surface area (Å²) in [4.78, 5) is 40.9. The Morgan fingerprint density at radius 1 is 1.19 bits per heavy atom. The summed E-state index contributed by atoms with van der Waals surface area (Å²) < 4.78 is 0. The summed E-state index contributed by atoms with van der Waals surface area (Å²) in [6.07, 6.45) is 3.29. The van der Waals surface area contributed by atoms with E-state index in [1.807, 2.05) is 24.3 Å². The fraction of sp³-hybridized carbons (Fsp3) is 0.400. The Balaban J connectivity index is 1.89. The van der Waals surface area contributed by atoms with Gasteiger partial charge in [0.1, 0.15) is 0 Å². The molecule has 1 aromatic rings. The smallest absolute Gasteiger partial charge is 0.248 e. The molecule has 2 aliphatic rings. The zero-order chi connectivity index (χ0) is 15.0. The minimum absolute atomic E-state index is 0.176. The maximum absolute atomic E-state index is 11.8. The van der Waals surface area contributed by atoms with Gasteiger partial charge in [-0.3, -0.25) is 14.5 Å². The molecule has 0 bridgehead atoms. The first kappa shape index (κ1) is 13.5. The molecule has 2 fully saturated rings. The highest BCUT2D eigenvalue weighted by molar-refractivity contribution is 6.02. The molecular weight excluding hydrogens is 270 g/mol. The van der Waals surface area contributed by atoms with Crippen LogP contribution in [0, 0.1) is 0 Å². The monoisotopic (exact) mass is 285 g/mol. The maximum atomic E-state index is 11.8. The largest absolute Gasteiger partial charge is 0.353 e. The number of amides is 2. The minimum Gasteiger partial charge on any atom is -0.353 e. The molecular formula is C15H15N3O3. The number of anilines is 1. The molecule has 6 heteroatoms.